The van der Waals surface area contributed by atoms with Gasteiger partial charge in [-0.3, -0.25) is 6.42 Å². The van der Waals surface area contributed by atoms with Crippen molar-refractivity contribution in [3.63, 3.8) is 0 Å². The predicted octanol–water partition coefficient (Wildman–Crippen LogP) is 20.7. The molecule has 6 nitrogen and oxygen atoms in total. The van der Waals surface area contributed by atoms with E-state index in [1.54, 1.807) is 0 Å². The molecule has 2 aromatic carbocycles. The van der Waals surface area contributed by atoms with Crippen molar-refractivity contribution < 1.29 is 36.0 Å². The van der Waals surface area contributed by atoms with Gasteiger partial charge in [0.2, 0.25) is 0 Å². The van der Waals surface area contributed by atoms with E-state index in [0.29, 0.717) is 17.4 Å². The van der Waals surface area contributed by atoms with Crippen molar-refractivity contribution in [2.45, 2.75) is 318 Å². The van der Waals surface area contributed by atoms with E-state index in [1.165, 1.54) is 201 Å². The van der Waals surface area contributed by atoms with E-state index in [0.717, 1.165) is 60.8 Å². The quantitative estimate of drug-likeness (QED) is 0.0305. The number of phenols is 2. The van der Waals surface area contributed by atoms with E-state index in [2.05, 4.69) is 148 Å². The topological polar surface area (TPSA) is 65.2 Å². The van der Waals surface area contributed by atoms with Gasteiger partial charge in [-0.1, -0.05) is 231 Å². The van der Waals surface area contributed by atoms with Crippen LogP contribution in [-0.4, -0.2) is 95.0 Å². The SMILES string of the molecule is CCCCC(CCCC)c1cc(C=N[C@]2(C)[CH-][C@@](C)(N=Cc3cc(C(C)(CCC[N+](CCCC)(CCCC)CCCC)CCC[N+](CCCC)(CCCC)CCCC)cc(C(C)(C)C)c3O)CCCC2)c(O)c(C(C)(C)C)c1.[CH3-].[Co+2]. The zero-order valence-electron chi connectivity index (χ0n) is 56.2. The van der Waals surface area contributed by atoms with Crippen molar-refractivity contribution >= 4 is 12.4 Å². The van der Waals surface area contributed by atoms with Gasteiger partial charge in [-0.2, -0.15) is 0 Å². The van der Waals surface area contributed by atoms with Gasteiger partial charge < -0.3 is 36.6 Å². The molecule has 1 radical (unpaired) electrons. The molecule has 0 amide bonds. The fourth-order valence-corrected chi connectivity index (χ4v) is 13.4. The molecule has 0 aliphatic heterocycles. The molecular formula is C73H132CoN4O2+2. The maximum Gasteiger partial charge on any atom is 2.00 e. The minimum Gasteiger partial charge on any atom is -0.507 e. The molecule has 0 saturated heterocycles. The minimum absolute atomic E-state index is 0. The second kappa shape index (κ2) is 36.6. The van der Waals surface area contributed by atoms with Gasteiger partial charge in [-0.05, 0) is 122 Å². The summed E-state index contributed by atoms with van der Waals surface area (Å²) in [4.78, 5) is 11.0. The Balaban J connectivity index is 0.0000160. The van der Waals surface area contributed by atoms with E-state index in [4.69, 9.17) is 9.98 Å². The molecule has 0 bridgehead atoms. The molecule has 2 N–H and O–H groups in total. The first-order valence-electron chi connectivity index (χ1n) is 33.3. The van der Waals surface area contributed by atoms with Crippen molar-refractivity contribution in [1.82, 2.24) is 0 Å². The number of nitrogens with zero attached hydrogens (tertiary/aromatic N) is 4. The van der Waals surface area contributed by atoms with E-state index >= 15 is 0 Å². The molecule has 2 aromatic rings. The monoisotopic (exact) mass is 1160 g/mol. The van der Waals surface area contributed by atoms with E-state index in [1.807, 2.05) is 12.4 Å². The van der Waals surface area contributed by atoms with Crippen LogP contribution >= 0.6 is 0 Å². The molecule has 0 aromatic heterocycles. The predicted molar refractivity (Wildman–Crippen MR) is 351 cm³/mol. The van der Waals surface area contributed by atoms with Crippen LogP contribution in [0.4, 0.5) is 0 Å². The standard InChI is InChI=1S/C72H128N4O2.CH3.Co/c1-18-26-38-59(39-27-19-2)60-52-61(66(77)64(54-60)68(9,10)11)56-73-71(16)42-34-35-43-72(17,58-71)74-57-62-53-63(55-65(67(62)78)69(12,13)14)70(15,40-36-50-75(44-28-20-3,45-29-21-4)46-30-22-5)41-37-51-76(47-31-23-6,48-32-24-7)49-33-25-8;;/h52-59H,18-51H2,1-17H3,(H-,73,74,77,78);1H3;/q;-1;+2/p+1/t71-,72-;;/m0../s1. The number of phenolic OH excluding ortho intramolecular Hbond substituents is 2. The Morgan fingerprint density at radius 2 is 0.825 bits per heavy atom. The number of benzene rings is 2. The molecule has 80 heavy (non-hydrogen) atoms. The van der Waals surface area contributed by atoms with Gasteiger partial charge in [0.1, 0.15) is 11.5 Å². The van der Waals surface area contributed by atoms with Gasteiger partial charge in [0, 0.05) is 34.7 Å². The third-order valence-corrected chi connectivity index (χ3v) is 18.8. The van der Waals surface area contributed by atoms with Crippen molar-refractivity contribution in [1.29, 1.82) is 0 Å². The summed E-state index contributed by atoms with van der Waals surface area (Å²) >= 11 is 0. The fraction of sp³-hybridized carbons (Fsp3) is 0.781. The van der Waals surface area contributed by atoms with Crippen LogP contribution in [0.1, 0.15) is 324 Å². The van der Waals surface area contributed by atoms with Crippen molar-refractivity contribution in [2.75, 3.05) is 52.4 Å². The van der Waals surface area contributed by atoms with Gasteiger partial charge in [0.05, 0.1) is 52.4 Å². The van der Waals surface area contributed by atoms with Crippen LogP contribution in [0.3, 0.4) is 0 Å². The van der Waals surface area contributed by atoms with Gasteiger partial charge >= 0.3 is 16.8 Å². The molecule has 0 heterocycles. The van der Waals surface area contributed by atoms with Crippen LogP contribution in [0, 0.1) is 13.8 Å². The Kier molecular flexibility index (Phi) is 34.7. The number of unbranched alkanes of at least 4 members (excludes halogenated alkanes) is 8. The number of aliphatic imine (C=N–C) groups is 2. The van der Waals surface area contributed by atoms with Gasteiger partial charge in [0.15, 0.2) is 0 Å². The van der Waals surface area contributed by atoms with Gasteiger partial charge in [-0.15, -0.1) is 0 Å². The Hall–Kier alpha value is -2.19. The van der Waals surface area contributed by atoms with Gasteiger partial charge in [0.25, 0.3) is 0 Å². The summed E-state index contributed by atoms with van der Waals surface area (Å²) in [6, 6.07) is 9.33. The van der Waals surface area contributed by atoms with Crippen molar-refractivity contribution in [2.24, 2.45) is 9.98 Å². The molecule has 1 aliphatic carbocycles. The van der Waals surface area contributed by atoms with Crippen LogP contribution < -0.4 is 0 Å². The largest absolute Gasteiger partial charge is 2.00 e. The van der Waals surface area contributed by atoms with Crippen LogP contribution in [0.15, 0.2) is 34.3 Å². The fourth-order valence-electron chi connectivity index (χ4n) is 13.4. The second-order valence-electron chi connectivity index (χ2n) is 28.4. The molecule has 7 heteroatoms. The molecular weight excluding hydrogens is 1020 g/mol. The average Bonchev–Trinajstić information content (AvgIpc) is 3.55. The number of aromatic hydroxyl groups is 2. The molecule has 3 rings (SSSR count). The summed E-state index contributed by atoms with van der Waals surface area (Å²) in [6.45, 7) is 49.8. The number of hydrogen-bond acceptors (Lipinski definition) is 4. The van der Waals surface area contributed by atoms with Crippen molar-refractivity contribution in [3.05, 3.63) is 71.5 Å². The molecule has 463 valence electrons. The first kappa shape index (κ1) is 75.8. The van der Waals surface area contributed by atoms with E-state index in [-0.39, 0.29) is 40.5 Å². The molecule has 1 fully saturated rings. The maximum atomic E-state index is 12.5. The Morgan fingerprint density at radius 1 is 0.500 bits per heavy atom. The first-order valence-corrected chi connectivity index (χ1v) is 33.3. The normalized spacial score (nSPS) is 17.8. The summed E-state index contributed by atoms with van der Waals surface area (Å²) in [7, 11) is 0. The Bertz CT molecular complexity index is 1970. The maximum absolute atomic E-state index is 12.5. The smallest absolute Gasteiger partial charge is 0.507 e. The van der Waals surface area contributed by atoms with Crippen LogP contribution in [0.25, 0.3) is 0 Å². The van der Waals surface area contributed by atoms with Crippen LogP contribution in [-0.2, 0) is 33.0 Å². The summed E-state index contributed by atoms with van der Waals surface area (Å²) in [5.41, 5.74) is 4.95. The summed E-state index contributed by atoms with van der Waals surface area (Å²) in [6.07, 6.45) is 37.7. The Morgan fingerprint density at radius 3 is 1.16 bits per heavy atom. The van der Waals surface area contributed by atoms with Gasteiger partial charge in [-0.25, -0.2) is 0 Å². The summed E-state index contributed by atoms with van der Waals surface area (Å²) in [5.74, 6) is 1.21. The number of hydrogen-bond donors (Lipinski definition) is 2. The molecule has 0 spiro atoms. The molecule has 0 unspecified atom stereocenters. The molecule has 1 saturated carbocycles. The van der Waals surface area contributed by atoms with Crippen LogP contribution in [0.5, 0.6) is 11.5 Å². The third-order valence-electron chi connectivity index (χ3n) is 18.8. The number of quaternary nitrogens is 2. The number of rotatable bonds is 38. The minimum atomic E-state index is -0.491. The summed E-state index contributed by atoms with van der Waals surface area (Å²) in [5, 5.41) is 24.4. The summed E-state index contributed by atoms with van der Waals surface area (Å²) < 4.78 is 2.55. The first-order chi connectivity index (χ1) is 36.9. The van der Waals surface area contributed by atoms with E-state index in [9.17, 15) is 10.2 Å². The second-order valence-corrected chi connectivity index (χ2v) is 28.4. The zero-order chi connectivity index (χ0) is 58.1. The molecule has 1 aliphatic rings. The zero-order valence-corrected chi connectivity index (χ0v) is 57.2. The average molecular weight is 1160 g/mol. The Labute approximate surface area is 508 Å². The van der Waals surface area contributed by atoms with Crippen molar-refractivity contribution in [3.8, 4) is 11.5 Å². The van der Waals surface area contributed by atoms with Crippen LogP contribution in [0.2, 0.25) is 0 Å². The van der Waals surface area contributed by atoms with E-state index < -0.39 is 11.1 Å². The third kappa shape index (κ3) is 24.1. The molecule has 2 atom stereocenters.